The molecule has 0 fully saturated rings. The summed E-state index contributed by atoms with van der Waals surface area (Å²) in [4.78, 5) is 25.2. The van der Waals surface area contributed by atoms with E-state index >= 15 is 0 Å². The molecule has 0 aliphatic rings. The third-order valence-corrected chi connectivity index (χ3v) is 2.95. The molecule has 0 bridgehead atoms. The van der Waals surface area contributed by atoms with Gasteiger partial charge in [-0.1, -0.05) is 11.6 Å². The summed E-state index contributed by atoms with van der Waals surface area (Å²) in [5.41, 5.74) is 6.44. The number of nitrogen functional groups attached to an aromatic ring is 1. The van der Waals surface area contributed by atoms with Crippen LogP contribution in [-0.4, -0.2) is 36.3 Å². The molecule has 3 N–H and O–H groups in total. The van der Waals surface area contributed by atoms with Crippen LogP contribution in [0.25, 0.3) is 0 Å². The number of halogens is 1. The summed E-state index contributed by atoms with van der Waals surface area (Å²) in [7, 11) is 0. The van der Waals surface area contributed by atoms with Gasteiger partial charge in [-0.25, -0.2) is 0 Å². The second-order valence-electron chi connectivity index (χ2n) is 4.01. The van der Waals surface area contributed by atoms with E-state index in [2.05, 4.69) is 5.32 Å². The molecule has 0 aliphatic heterocycles. The molecule has 19 heavy (non-hydrogen) atoms. The van der Waals surface area contributed by atoms with Gasteiger partial charge in [0.05, 0.1) is 17.3 Å². The maximum atomic E-state index is 12.2. The van der Waals surface area contributed by atoms with Gasteiger partial charge in [0, 0.05) is 18.7 Å². The van der Waals surface area contributed by atoms with Crippen molar-refractivity contribution >= 4 is 29.1 Å². The van der Waals surface area contributed by atoms with E-state index in [4.69, 9.17) is 17.3 Å². The fraction of sp³-hybridized carbons (Fsp3) is 0.385. The van der Waals surface area contributed by atoms with Gasteiger partial charge in [0.2, 0.25) is 5.91 Å². The minimum Gasteiger partial charge on any atom is -0.398 e. The molecule has 0 heterocycles. The van der Waals surface area contributed by atoms with Crippen molar-refractivity contribution in [2.24, 2.45) is 0 Å². The lowest BCUT2D eigenvalue weighted by Crippen LogP contribution is -2.40. The fourth-order valence-electron chi connectivity index (χ4n) is 1.60. The first-order valence-corrected chi connectivity index (χ1v) is 6.48. The SMILES string of the molecule is CCNC(=O)CN(CC)C(=O)c1ccc(N)c(Cl)c1. The molecule has 1 aromatic rings. The fourth-order valence-corrected chi connectivity index (χ4v) is 1.78. The van der Waals surface area contributed by atoms with Gasteiger partial charge in [-0.05, 0) is 32.0 Å². The van der Waals surface area contributed by atoms with Crippen LogP contribution in [0.2, 0.25) is 5.02 Å². The number of carbonyl (C=O) groups is 2. The van der Waals surface area contributed by atoms with Crippen LogP contribution in [0.1, 0.15) is 24.2 Å². The van der Waals surface area contributed by atoms with Gasteiger partial charge in [-0.15, -0.1) is 0 Å². The largest absolute Gasteiger partial charge is 0.398 e. The molecule has 0 saturated heterocycles. The second-order valence-corrected chi connectivity index (χ2v) is 4.42. The van der Waals surface area contributed by atoms with Gasteiger partial charge in [-0.3, -0.25) is 9.59 Å². The summed E-state index contributed by atoms with van der Waals surface area (Å²) < 4.78 is 0. The van der Waals surface area contributed by atoms with Crippen LogP contribution in [0.4, 0.5) is 5.69 Å². The lowest BCUT2D eigenvalue weighted by Gasteiger charge is -2.20. The van der Waals surface area contributed by atoms with Crippen molar-refractivity contribution in [1.29, 1.82) is 0 Å². The van der Waals surface area contributed by atoms with E-state index in [-0.39, 0.29) is 18.4 Å². The molecule has 0 aliphatic carbocycles. The van der Waals surface area contributed by atoms with Crippen LogP contribution in [0.5, 0.6) is 0 Å². The predicted octanol–water partition coefficient (Wildman–Crippen LogP) is 1.52. The van der Waals surface area contributed by atoms with Crippen molar-refractivity contribution in [3.8, 4) is 0 Å². The minimum absolute atomic E-state index is 0.0329. The van der Waals surface area contributed by atoms with Gasteiger partial charge in [-0.2, -0.15) is 0 Å². The summed E-state index contributed by atoms with van der Waals surface area (Å²) in [5.74, 6) is -0.421. The monoisotopic (exact) mass is 283 g/mol. The molecule has 0 radical (unpaired) electrons. The van der Waals surface area contributed by atoms with Gasteiger partial charge >= 0.3 is 0 Å². The Morgan fingerprint density at radius 3 is 2.58 bits per heavy atom. The Bertz CT molecular complexity index is 477. The standard InChI is InChI=1S/C13H18ClN3O2/c1-3-16-12(18)8-17(4-2)13(19)9-5-6-11(15)10(14)7-9/h5-7H,3-4,8,15H2,1-2H3,(H,16,18). The predicted molar refractivity (Wildman–Crippen MR) is 76.1 cm³/mol. The van der Waals surface area contributed by atoms with Crippen LogP contribution in [0, 0.1) is 0 Å². The smallest absolute Gasteiger partial charge is 0.254 e. The molecule has 0 saturated carbocycles. The first-order chi connectivity index (χ1) is 8.99. The van der Waals surface area contributed by atoms with Crippen molar-refractivity contribution in [2.75, 3.05) is 25.4 Å². The number of amides is 2. The first kappa shape index (κ1) is 15.3. The summed E-state index contributed by atoms with van der Waals surface area (Å²) >= 11 is 5.89. The number of anilines is 1. The Balaban J connectivity index is 2.83. The number of nitrogens with one attached hydrogen (secondary N) is 1. The van der Waals surface area contributed by atoms with Crippen LogP contribution >= 0.6 is 11.6 Å². The van der Waals surface area contributed by atoms with E-state index in [1.807, 2.05) is 13.8 Å². The highest BCUT2D eigenvalue weighted by atomic mass is 35.5. The highest BCUT2D eigenvalue weighted by Gasteiger charge is 2.17. The van der Waals surface area contributed by atoms with Crippen molar-refractivity contribution in [3.05, 3.63) is 28.8 Å². The van der Waals surface area contributed by atoms with Crippen LogP contribution in [0.15, 0.2) is 18.2 Å². The number of likely N-dealkylation sites (N-methyl/N-ethyl adjacent to an activating group) is 2. The van der Waals surface area contributed by atoms with Crippen LogP contribution in [0.3, 0.4) is 0 Å². The molecule has 6 heteroatoms. The number of nitrogens with zero attached hydrogens (tertiary/aromatic N) is 1. The summed E-state index contributed by atoms with van der Waals surface area (Å²) in [6.07, 6.45) is 0. The Hall–Kier alpha value is -1.75. The van der Waals surface area contributed by atoms with Gasteiger partial charge in [0.1, 0.15) is 0 Å². The molecule has 1 aromatic carbocycles. The molecule has 1 rings (SSSR count). The third-order valence-electron chi connectivity index (χ3n) is 2.62. The number of rotatable bonds is 5. The normalized spacial score (nSPS) is 10.1. The lowest BCUT2D eigenvalue weighted by molar-refractivity contribution is -0.121. The molecule has 2 amide bonds. The Labute approximate surface area is 117 Å². The minimum atomic E-state index is -0.240. The van der Waals surface area contributed by atoms with Gasteiger partial charge < -0.3 is 16.0 Å². The Morgan fingerprint density at radius 1 is 1.37 bits per heavy atom. The average molecular weight is 284 g/mol. The topological polar surface area (TPSA) is 75.4 Å². The van der Waals surface area contributed by atoms with Crippen molar-refractivity contribution in [2.45, 2.75) is 13.8 Å². The van der Waals surface area contributed by atoms with Gasteiger partial charge in [0.25, 0.3) is 5.91 Å². The molecule has 0 atom stereocenters. The summed E-state index contributed by atoms with van der Waals surface area (Å²) in [6.45, 7) is 4.66. The van der Waals surface area contributed by atoms with Gasteiger partial charge in [0.15, 0.2) is 0 Å². The number of nitrogens with two attached hydrogens (primary N) is 1. The molecular formula is C13H18ClN3O2. The summed E-state index contributed by atoms with van der Waals surface area (Å²) in [6, 6.07) is 4.69. The highest BCUT2D eigenvalue weighted by Crippen LogP contribution is 2.20. The quantitative estimate of drug-likeness (QED) is 0.805. The lowest BCUT2D eigenvalue weighted by atomic mass is 10.2. The molecule has 104 valence electrons. The van der Waals surface area contributed by atoms with E-state index in [1.165, 1.54) is 11.0 Å². The highest BCUT2D eigenvalue weighted by molar-refractivity contribution is 6.33. The molecule has 0 aromatic heterocycles. The van der Waals surface area contributed by atoms with E-state index in [0.717, 1.165) is 0 Å². The van der Waals surface area contributed by atoms with Crippen molar-refractivity contribution in [1.82, 2.24) is 10.2 Å². The van der Waals surface area contributed by atoms with E-state index in [1.54, 1.807) is 12.1 Å². The second kappa shape index (κ2) is 6.99. The maximum absolute atomic E-state index is 12.2. The van der Waals surface area contributed by atoms with E-state index < -0.39 is 0 Å². The number of hydrogen-bond acceptors (Lipinski definition) is 3. The zero-order valence-corrected chi connectivity index (χ0v) is 11.8. The summed E-state index contributed by atoms with van der Waals surface area (Å²) in [5, 5.41) is 2.99. The zero-order valence-electron chi connectivity index (χ0n) is 11.1. The number of carbonyl (C=O) groups excluding carboxylic acids is 2. The molecular weight excluding hydrogens is 266 g/mol. The Morgan fingerprint density at radius 2 is 2.05 bits per heavy atom. The van der Waals surface area contributed by atoms with Crippen molar-refractivity contribution < 1.29 is 9.59 Å². The third kappa shape index (κ3) is 4.13. The molecule has 0 spiro atoms. The maximum Gasteiger partial charge on any atom is 0.254 e. The van der Waals surface area contributed by atoms with Crippen molar-refractivity contribution in [3.63, 3.8) is 0 Å². The van der Waals surface area contributed by atoms with E-state index in [0.29, 0.717) is 29.4 Å². The van der Waals surface area contributed by atoms with Crippen LogP contribution in [-0.2, 0) is 4.79 Å². The Kier molecular flexibility index (Phi) is 5.63. The number of hydrogen-bond donors (Lipinski definition) is 2. The average Bonchev–Trinajstić information content (AvgIpc) is 2.38. The molecule has 0 unspecified atom stereocenters. The zero-order chi connectivity index (χ0) is 14.4. The first-order valence-electron chi connectivity index (χ1n) is 6.10. The van der Waals surface area contributed by atoms with E-state index in [9.17, 15) is 9.59 Å². The van der Waals surface area contributed by atoms with Crippen LogP contribution < -0.4 is 11.1 Å². The number of benzene rings is 1. The molecule has 5 nitrogen and oxygen atoms in total.